The van der Waals surface area contributed by atoms with Crippen molar-refractivity contribution >= 4 is 22.3 Å². The van der Waals surface area contributed by atoms with E-state index in [2.05, 4.69) is 33.8 Å². The van der Waals surface area contributed by atoms with Crippen molar-refractivity contribution in [1.82, 2.24) is 19.9 Å². The zero-order chi connectivity index (χ0) is 16.9. The molecule has 6 nitrogen and oxygen atoms in total. The van der Waals surface area contributed by atoms with Gasteiger partial charge in [0.1, 0.15) is 16.8 Å². The van der Waals surface area contributed by atoms with E-state index in [0.717, 1.165) is 16.6 Å². The third kappa shape index (κ3) is 2.26. The summed E-state index contributed by atoms with van der Waals surface area (Å²) < 4.78 is 11.3. The molecule has 0 aliphatic heterocycles. The van der Waals surface area contributed by atoms with E-state index in [0.29, 0.717) is 29.1 Å². The van der Waals surface area contributed by atoms with Crippen molar-refractivity contribution in [3.05, 3.63) is 48.1 Å². The van der Waals surface area contributed by atoms with Crippen LogP contribution >= 0.6 is 0 Å². The molecule has 0 fully saturated rings. The first kappa shape index (κ1) is 14.8. The second-order valence-electron chi connectivity index (χ2n) is 6.73. The number of aromatic nitrogens is 4. The van der Waals surface area contributed by atoms with Crippen LogP contribution in [-0.4, -0.2) is 19.9 Å². The molecule has 4 aromatic heterocycles. The molecule has 0 aliphatic carbocycles. The Balaban J connectivity index is 1.81. The van der Waals surface area contributed by atoms with Crippen LogP contribution in [0.15, 0.2) is 39.5 Å². The van der Waals surface area contributed by atoms with Crippen molar-refractivity contribution < 1.29 is 8.83 Å². The van der Waals surface area contributed by atoms with Crippen LogP contribution in [0.25, 0.3) is 22.3 Å². The maximum Gasteiger partial charge on any atom is 0.247 e. The first-order valence-electron chi connectivity index (χ1n) is 7.94. The van der Waals surface area contributed by atoms with Crippen molar-refractivity contribution in [3.63, 3.8) is 0 Å². The van der Waals surface area contributed by atoms with Crippen LogP contribution in [0.4, 0.5) is 0 Å². The van der Waals surface area contributed by atoms with Crippen molar-refractivity contribution in [2.45, 2.75) is 39.0 Å². The van der Waals surface area contributed by atoms with Crippen LogP contribution in [0.1, 0.15) is 51.0 Å². The normalized spacial score (nSPS) is 12.5. The fraction of sp³-hybridized carbons (Fsp3) is 0.333. The Labute approximate surface area is 139 Å². The molecular formula is C18H18N4O2. The van der Waals surface area contributed by atoms with Crippen LogP contribution in [0, 0.1) is 0 Å². The van der Waals surface area contributed by atoms with Crippen LogP contribution in [0.3, 0.4) is 0 Å². The number of hydrogen-bond donors (Lipinski definition) is 0. The third-order valence-electron chi connectivity index (χ3n) is 4.17. The number of nitrogens with zero attached hydrogens (tertiary/aromatic N) is 4. The largest absolute Gasteiger partial charge is 0.446 e. The van der Waals surface area contributed by atoms with Gasteiger partial charge in [0.05, 0.1) is 11.6 Å². The van der Waals surface area contributed by atoms with Crippen molar-refractivity contribution in [3.8, 4) is 0 Å². The first-order valence-corrected chi connectivity index (χ1v) is 7.94. The lowest BCUT2D eigenvalue weighted by Crippen LogP contribution is -2.22. The van der Waals surface area contributed by atoms with Gasteiger partial charge in [-0.2, -0.15) is 4.98 Å². The molecule has 122 valence electrons. The minimum Gasteiger partial charge on any atom is -0.446 e. The number of hydrogen-bond acceptors (Lipinski definition) is 6. The summed E-state index contributed by atoms with van der Waals surface area (Å²) in [6.45, 7) is 8.15. The van der Waals surface area contributed by atoms with Gasteiger partial charge in [-0.1, -0.05) is 13.8 Å². The Kier molecular flexibility index (Phi) is 3.16. The summed E-state index contributed by atoms with van der Waals surface area (Å²) in [5.41, 5.74) is 2.23. The molecule has 0 atom stereocenters. The lowest BCUT2D eigenvalue weighted by atomic mass is 9.92. The Morgan fingerprint density at radius 1 is 1.00 bits per heavy atom. The van der Waals surface area contributed by atoms with Crippen molar-refractivity contribution in [2.75, 3.05) is 0 Å². The van der Waals surface area contributed by atoms with E-state index in [9.17, 15) is 0 Å². The molecule has 0 aliphatic rings. The zero-order valence-corrected chi connectivity index (χ0v) is 14.1. The van der Waals surface area contributed by atoms with Gasteiger partial charge in [0.25, 0.3) is 0 Å². The quantitative estimate of drug-likeness (QED) is 0.562. The van der Waals surface area contributed by atoms with E-state index in [-0.39, 0.29) is 0 Å². The Hall–Kier alpha value is -2.76. The molecule has 24 heavy (non-hydrogen) atoms. The number of furan rings is 1. The molecule has 0 saturated carbocycles. The van der Waals surface area contributed by atoms with Gasteiger partial charge in [-0.25, -0.2) is 15.0 Å². The number of pyridine rings is 1. The number of fused-ring (bicyclic) bond motifs is 2. The molecule has 0 amide bonds. The molecule has 0 radical (unpaired) electrons. The smallest absolute Gasteiger partial charge is 0.247 e. The molecule has 0 N–H and O–H groups in total. The second kappa shape index (κ2) is 5.12. The minimum absolute atomic E-state index is 0.334. The van der Waals surface area contributed by atoms with Gasteiger partial charge in [-0.3, -0.25) is 0 Å². The molecule has 0 spiro atoms. The number of oxazole rings is 1. The van der Waals surface area contributed by atoms with Gasteiger partial charge < -0.3 is 8.83 Å². The van der Waals surface area contributed by atoms with Crippen LogP contribution in [0.5, 0.6) is 0 Å². The van der Waals surface area contributed by atoms with Gasteiger partial charge in [-0.05, 0) is 38.0 Å². The Morgan fingerprint density at radius 3 is 2.62 bits per heavy atom. The maximum atomic E-state index is 5.94. The molecule has 0 bridgehead atoms. The van der Waals surface area contributed by atoms with Gasteiger partial charge in [0, 0.05) is 11.9 Å². The zero-order valence-electron chi connectivity index (χ0n) is 14.1. The highest BCUT2D eigenvalue weighted by Gasteiger charge is 2.33. The van der Waals surface area contributed by atoms with Gasteiger partial charge >= 0.3 is 0 Å². The lowest BCUT2D eigenvalue weighted by Gasteiger charge is -2.18. The van der Waals surface area contributed by atoms with Gasteiger partial charge in [0.2, 0.25) is 17.3 Å². The second-order valence-corrected chi connectivity index (χ2v) is 6.73. The average molecular weight is 322 g/mol. The van der Waals surface area contributed by atoms with E-state index in [4.69, 9.17) is 8.83 Å². The lowest BCUT2D eigenvalue weighted by molar-refractivity contribution is 0.413. The maximum absolute atomic E-state index is 5.94. The highest BCUT2D eigenvalue weighted by molar-refractivity contribution is 5.72. The van der Waals surface area contributed by atoms with E-state index in [1.807, 2.05) is 32.0 Å². The summed E-state index contributed by atoms with van der Waals surface area (Å²) in [5.74, 6) is 1.47. The highest BCUT2D eigenvalue weighted by atomic mass is 16.4. The molecular weight excluding hydrogens is 304 g/mol. The summed E-state index contributed by atoms with van der Waals surface area (Å²) in [7, 11) is 0. The van der Waals surface area contributed by atoms with E-state index < -0.39 is 5.41 Å². The average Bonchev–Trinajstić information content (AvgIpc) is 3.19. The third-order valence-corrected chi connectivity index (χ3v) is 4.17. The Morgan fingerprint density at radius 2 is 1.83 bits per heavy atom. The van der Waals surface area contributed by atoms with Crippen LogP contribution in [0.2, 0.25) is 0 Å². The summed E-state index contributed by atoms with van der Waals surface area (Å²) in [6.07, 6.45) is 3.35. The molecule has 4 aromatic rings. The molecule has 6 heteroatoms. The predicted octanol–water partition coefficient (Wildman–Crippen LogP) is 4.21. The fourth-order valence-electron chi connectivity index (χ4n) is 2.57. The van der Waals surface area contributed by atoms with Crippen molar-refractivity contribution in [2.24, 2.45) is 0 Å². The standard InChI is InChI=1S/C18H18N4O2/c1-10(2)12-5-6-13-15(20-12)24-17(21-13)18(3,4)16-19-9-11-7-8-23-14(11)22-16/h5-10H,1-4H3. The van der Waals surface area contributed by atoms with Crippen LogP contribution < -0.4 is 0 Å². The van der Waals surface area contributed by atoms with Crippen LogP contribution in [-0.2, 0) is 5.41 Å². The molecule has 0 aromatic carbocycles. The summed E-state index contributed by atoms with van der Waals surface area (Å²) in [5, 5.41) is 0.871. The predicted molar refractivity (Wildman–Crippen MR) is 89.8 cm³/mol. The SMILES string of the molecule is CC(C)c1ccc2nc(C(C)(C)c3ncc4ccoc4n3)oc2n1. The molecule has 0 saturated heterocycles. The highest BCUT2D eigenvalue weighted by Crippen LogP contribution is 2.31. The van der Waals surface area contributed by atoms with Crippen molar-refractivity contribution in [1.29, 1.82) is 0 Å². The number of rotatable bonds is 3. The summed E-state index contributed by atoms with van der Waals surface area (Å²) >= 11 is 0. The fourth-order valence-corrected chi connectivity index (χ4v) is 2.57. The summed E-state index contributed by atoms with van der Waals surface area (Å²) in [4.78, 5) is 18.1. The van der Waals surface area contributed by atoms with E-state index in [1.165, 1.54) is 0 Å². The molecule has 0 unspecified atom stereocenters. The van der Waals surface area contributed by atoms with Gasteiger partial charge in [0.15, 0.2) is 0 Å². The van der Waals surface area contributed by atoms with Gasteiger partial charge in [-0.15, -0.1) is 0 Å². The monoisotopic (exact) mass is 322 g/mol. The minimum atomic E-state index is -0.598. The first-order chi connectivity index (χ1) is 11.4. The summed E-state index contributed by atoms with van der Waals surface area (Å²) in [6, 6.07) is 5.76. The van der Waals surface area contributed by atoms with E-state index in [1.54, 1.807) is 12.5 Å². The molecule has 4 heterocycles. The molecule has 4 rings (SSSR count). The van der Waals surface area contributed by atoms with E-state index >= 15 is 0 Å². The topological polar surface area (TPSA) is 77.8 Å². The Bertz CT molecular complexity index is 1030.